The van der Waals surface area contributed by atoms with Crippen LogP contribution in [-0.4, -0.2) is 50.9 Å². The SMILES string of the molecule is CS(=O)(=O)N1CCCc2cc([C@H](O)CN3CC[C@H]4CCCC[C@H]4C3)ccc21. The number of aliphatic hydroxyl groups excluding tert-OH is 1. The summed E-state index contributed by atoms with van der Waals surface area (Å²) >= 11 is 0. The first-order chi connectivity index (χ1) is 12.9. The van der Waals surface area contributed by atoms with Gasteiger partial charge in [-0.15, -0.1) is 0 Å². The standard InChI is InChI=1S/C21H32N2O3S/c1-27(25,26)23-11-4-7-17-13-18(8-9-20(17)23)21(24)15-22-12-10-16-5-2-3-6-19(16)14-22/h8-9,13,16,19,21,24H,2-7,10-12,14-15H2,1H3/t16-,19+,21-/m1/s1. The summed E-state index contributed by atoms with van der Waals surface area (Å²) < 4.78 is 25.5. The molecule has 1 saturated carbocycles. The molecule has 27 heavy (non-hydrogen) atoms. The fourth-order valence-electron chi connectivity index (χ4n) is 5.33. The van der Waals surface area contributed by atoms with Crippen molar-refractivity contribution in [2.45, 2.75) is 51.0 Å². The predicted octanol–water partition coefficient (Wildman–Crippen LogP) is 2.94. The van der Waals surface area contributed by atoms with E-state index in [2.05, 4.69) is 4.90 Å². The van der Waals surface area contributed by atoms with Gasteiger partial charge in [0.25, 0.3) is 0 Å². The van der Waals surface area contributed by atoms with E-state index in [1.165, 1.54) is 42.7 Å². The van der Waals surface area contributed by atoms with E-state index >= 15 is 0 Å². The smallest absolute Gasteiger partial charge is 0.232 e. The largest absolute Gasteiger partial charge is 0.387 e. The molecule has 2 aliphatic heterocycles. The lowest BCUT2D eigenvalue weighted by Crippen LogP contribution is -2.43. The first-order valence-electron chi connectivity index (χ1n) is 10.4. The Labute approximate surface area is 163 Å². The minimum atomic E-state index is -3.24. The molecule has 4 rings (SSSR count). The molecule has 1 aliphatic carbocycles. The van der Waals surface area contributed by atoms with Gasteiger partial charge in [-0.05, 0) is 61.3 Å². The first-order valence-corrected chi connectivity index (χ1v) is 12.3. The highest BCUT2D eigenvalue weighted by atomic mass is 32.2. The lowest BCUT2D eigenvalue weighted by molar-refractivity contribution is 0.0459. The van der Waals surface area contributed by atoms with Gasteiger partial charge in [-0.3, -0.25) is 4.31 Å². The van der Waals surface area contributed by atoms with E-state index in [4.69, 9.17) is 0 Å². The number of aliphatic hydroxyl groups is 1. The van der Waals surface area contributed by atoms with E-state index in [-0.39, 0.29) is 0 Å². The summed E-state index contributed by atoms with van der Waals surface area (Å²) in [5.74, 6) is 1.71. The van der Waals surface area contributed by atoms with Gasteiger partial charge in [0.2, 0.25) is 10.0 Å². The van der Waals surface area contributed by atoms with Gasteiger partial charge in [0, 0.05) is 19.6 Å². The number of nitrogens with zero attached hydrogens (tertiary/aromatic N) is 2. The van der Waals surface area contributed by atoms with Crippen molar-refractivity contribution in [3.05, 3.63) is 29.3 Å². The molecule has 0 amide bonds. The third kappa shape index (κ3) is 4.17. The number of benzene rings is 1. The molecule has 0 radical (unpaired) electrons. The summed E-state index contributed by atoms with van der Waals surface area (Å²) in [6.07, 6.45) is 9.21. The Morgan fingerprint density at radius 1 is 1.11 bits per heavy atom. The van der Waals surface area contributed by atoms with Crippen LogP contribution in [0.1, 0.15) is 55.8 Å². The normalized spacial score (nSPS) is 27.7. The fourth-order valence-corrected chi connectivity index (χ4v) is 6.32. The van der Waals surface area contributed by atoms with E-state index in [0.717, 1.165) is 54.6 Å². The van der Waals surface area contributed by atoms with Crippen molar-refractivity contribution in [3.8, 4) is 0 Å². The number of fused-ring (bicyclic) bond motifs is 2. The predicted molar refractivity (Wildman–Crippen MR) is 108 cm³/mol. The zero-order chi connectivity index (χ0) is 19.0. The van der Waals surface area contributed by atoms with Crippen molar-refractivity contribution in [2.24, 2.45) is 11.8 Å². The molecule has 3 atom stereocenters. The Bertz CT molecular complexity index is 780. The van der Waals surface area contributed by atoms with Crippen molar-refractivity contribution in [1.29, 1.82) is 0 Å². The molecule has 3 aliphatic rings. The molecule has 5 nitrogen and oxygen atoms in total. The highest BCUT2D eigenvalue weighted by Gasteiger charge is 2.32. The van der Waals surface area contributed by atoms with Gasteiger partial charge in [-0.2, -0.15) is 0 Å². The number of anilines is 1. The third-order valence-electron chi connectivity index (χ3n) is 6.77. The molecular formula is C21H32N2O3S. The molecule has 6 heteroatoms. The van der Waals surface area contributed by atoms with Gasteiger partial charge < -0.3 is 10.0 Å². The second kappa shape index (κ2) is 7.72. The van der Waals surface area contributed by atoms with Gasteiger partial charge in [0.05, 0.1) is 18.0 Å². The van der Waals surface area contributed by atoms with Crippen molar-refractivity contribution in [2.75, 3.05) is 36.7 Å². The molecule has 2 fully saturated rings. The fraction of sp³-hybridized carbons (Fsp3) is 0.714. The van der Waals surface area contributed by atoms with Crippen LogP contribution in [-0.2, 0) is 16.4 Å². The van der Waals surface area contributed by atoms with E-state index in [1.54, 1.807) is 0 Å². The van der Waals surface area contributed by atoms with Gasteiger partial charge in [-0.1, -0.05) is 31.4 Å². The quantitative estimate of drug-likeness (QED) is 0.856. The van der Waals surface area contributed by atoms with E-state index < -0.39 is 16.1 Å². The summed E-state index contributed by atoms with van der Waals surface area (Å²) in [5, 5.41) is 10.8. The molecule has 1 N–H and O–H groups in total. The van der Waals surface area contributed by atoms with E-state index in [9.17, 15) is 13.5 Å². The van der Waals surface area contributed by atoms with Crippen molar-refractivity contribution in [3.63, 3.8) is 0 Å². The van der Waals surface area contributed by atoms with Crippen LogP contribution in [0.2, 0.25) is 0 Å². The maximum atomic E-state index is 12.0. The average Bonchev–Trinajstić information content (AvgIpc) is 2.66. The number of aryl methyl sites for hydroxylation is 1. The van der Waals surface area contributed by atoms with Crippen LogP contribution in [0.15, 0.2) is 18.2 Å². The molecular weight excluding hydrogens is 360 g/mol. The maximum Gasteiger partial charge on any atom is 0.232 e. The average molecular weight is 393 g/mol. The number of likely N-dealkylation sites (tertiary alicyclic amines) is 1. The van der Waals surface area contributed by atoms with E-state index in [0.29, 0.717) is 13.1 Å². The van der Waals surface area contributed by atoms with Crippen LogP contribution in [0, 0.1) is 11.8 Å². The zero-order valence-electron chi connectivity index (χ0n) is 16.3. The molecule has 1 aromatic rings. The number of hydrogen-bond acceptors (Lipinski definition) is 4. The molecule has 0 aromatic heterocycles. The van der Waals surface area contributed by atoms with E-state index in [1.807, 2.05) is 18.2 Å². The highest BCUT2D eigenvalue weighted by molar-refractivity contribution is 7.92. The molecule has 0 unspecified atom stereocenters. The minimum Gasteiger partial charge on any atom is -0.387 e. The van der Waals surface area contributed by atoms with Crippen LogP contribution in [0.3, 0.4) is 0 Å². The van der Waals surface area contributed by atoms with Gasteiger partial charge in [0.1, 0.15) is 0 Å². The number of rotatable bonds is 4. The van der Waals surface area contributed by atoms with Crippen molar-refractivity contribution < 1.29 is 13.5 Å². The monoisotopic (exact) mass is 392 g/mol. The molecule has 150 valence electrons. The van der Waals surface area contributed by atoms with Crippen molar-refractivity contribution in [1.82, 2.24) is 4.90 Å². The van der Waals surface area contributed by atoms with Crippen LogP contribution in [0.25, 0.3) is 0 Å². The molecule has 1 saturated heterocycles. The van der Waals surface area contributed by atoms with Gasteiger partial charge in [0.15, 0.2) is 0 Å². The Hall–Kier alpha value is -1.11. The summed E-state index contributed by atoms with van der Waals surface area (Å²) in [6.45, 7) is 3.43. The van der Waals surface area contributed by atoms with Gasteiger partial charge in [-0.25, -0.2) is 8.42 Å². The molecule has 0 bridgehead atoms. The second-order valence-corrected chi connectivity index (χ2v) is 10.6. The number of piperidine rings is 1. The van der Waals surface area contributed by atoms with Crippen LogP contribution >= 0.6 is 0 Å². The molecule has 0 spiro atoms. The lowest BCUT2D eigenvalue weighted by atomic mass is 9.75. The Kier molecular flexibility index (Phi) is 5.50. The summed E-state index contributed by atoms with van der Waals surface area (Å²) in [7, 11) is -3.24. The second-order valence-electron chi connectivity index (χ2n) is 8.70. The Morgan fingerprint density at radius 3 is 2.67 bits per heavy atom. The number of hydrogen-bond donors (Lipinski definition) is 1. The van der Waals surface area contributed by atoms with Crippen LogP contribution in [0.4, 0.5) is 5.69 Å². The Morgan fingerprint density at radius 2 is 1.89 bits per heavy atom. The number of sulfonamides is 1. The summed E-state index contributed by atoms with van der Waals surface area (Å²) in [4.78, 5) is 2.43. The highest BCUT2D eigenvalue weighted by Crippen LogP contribution is 2.37. The number of β-amino-alcohol motifs (C(OH)–C–C–N with tert-alkyl or cyclic N) is 1. The lowest BCUT2D eigenvalue weighted by Gasteiger charge is -2.42. The molecule has 1 aromatic carbocycles. The zero-order valence-corrected chi connectivity index (χ0v) is 17.1. The topological polar surface area (TPSA) is 60.9 Å². The van der Waals surface area contributed by atoms with Crippen molar-refractivity contribution >= 4 is 15.7 Å². The van der Waals surface area contributed by atoms with Gasteiger partial charge >= 0.3 is 0 Å². The van der Waals surface area contributed by atoms with Crippen LogP contribution < -0.4 is 4.31 Å². The third-order valence-corrected chi connectivity index (χ3v) is 7.95. The Balaban J connectivity index is 1.44. The minimum absolute atomic E-state index is 0.510. The summed E-state index contributed by atoms with van der Waals surface area (Å²) in [5.41, 5.74) is 2.73. The molecule has 2 heterocycles. The summed E-state index contributed by atoms with van der Waals surface area (Å²) in [6, 6.07) is 5.80. The maximum absolute atomic E-state index is 12.0. The van der Waals surface area contributed by atoms with Crippen LogP contribution in [0.5, 0.6) is 0 Å². The first kappa shape index (κ1) is 19.2.